The molecule has 1 aliphatic rings. The van der Waals surface area contributed by atoms with Gasteiger partial charge in [0, 0.05) is 12.0 Å². The molecular formula is C17H23BO5. The molecule has 124 valence electrons. The summed E-state index contributed by atoms with van der Waals surface area (Å²) in [6.45, 7) is 7.99. The van der Waals surface area contributed by atoms with Gasteiger partial charge in [0.1, 0.15) is 0 Å². The second-order valence-corrected chi connectivity index (χ2v) is 6.71. The first-order chi connectivity index (χ1) is 10.7. The van der Waals surface area contributed by atoms with Crippen molar-refractivity contribution in [3.8, 4) is 0 Å². The summed E-state index contributed by atoms with van der Waals surface area (Å²) in [5, 5.41) is 0. The number of esters is 1. The van der Waals surface area contributed by atoms with Gasteiger partial charge in [-0.05, 0) is 33.2 Å². The number of ether oxygens (including phenoxy) is 1. The van der Waals surface area contributed by atoms with Gasteiger partial charge >= 0.3 is 13.1 Å². The molecule has 1 aromatic rings. The monoisotopic (exact) mass is 318 g/mol. The second-order valence-electron chi connectivity index (χ2n) is 6.71. The van der Waals surface area contributed by atoms with Crippen LogP contribution in [0.25, 0.3) is 0 Å². The highest BCUT2D eigenvalue weighted by molar-refractivity contribution is 6.62. The summed E-state index contributed by atoms with van der Waals surface area (Å²) in [4.78, 5) is 23.1. The second kappa shape index (κ2) is 6.45. The third-order valence-corrected chi connectivity index (χ3v) is 4.54. The fraction of sp³-hybridized carbons (Fsp3) is 0.529. The molecule has 1 saturated heterocycles. The average Bonchev–Trinajstić information content (AvgIpc) is 2.73. The zero-order valence-corrected chi connectivity index (χ0v) is 14.3. The van der Waals surface area contributed by atoms with E-state index in [4.69, 9.17) is 9.31 Å². The van der Waals surface area contributed by atoms with E-state index in [1.165, 1.54) is 7.11 Å². The number of benzene rings is 1. The van der Waals surface area contributed by atoms with E-state index in [1.54, 1.807) is 12.1 Å². The zero-order valence-electron chi connectivity index (χ0n) is 14.3. The molecular weight excluding hydrogens is 295 g/mol. The maximum absolute atomic E-state index is 12.0. The van der Waals surface area contributed by atoms with Crippen molar-refractivity contribution in [3.63, 3.8) is 0 Å². The molecule has 0 radical (unpaired) electrons. The van der Waals surface area contributed by atoms with Crippen molar-refractivity contribution >= 4 is 24.3 Å². The number of rotatable bonds is 5. The Morgan fingerprint density at radius 3 is 2.00 bits per heavy atom. The van der Waals surface area contributed by atoms with Crippen LogP contribution in [0.15, 0.2) is 24.3 Å². The minimum absolute atomic E-state index is 0.0872. The molecule has 0 amide bonds. The number of hydrogen-bond acceptors (Lipinski definition) is 5. The van der Waals surface area contributed by atoms with Gasteiger partial charge in [-0.15, -0.1) is 0 Å². The molecule has 0 aliphatic carbocycles. The smallest absolute Gasteiger partial charge is 0.469 e. The molecule has 2 rings (SSSR count). The lowest BCUT2D eigenvalue weighted by Crippen LogP contribution is -2.41. The lowest BCUT2D eigenvalue weighted by molar-refractivity contribution is -0.140. The van der Waals surface area contributed by atoms with E-state index in [0.717, 1.165) is 5.46 Å². The predicted molar refractivity (Wildman–Crippen MR) is 87.7 cm³/mol. The van der Waals surface area contributed by atoms with Crippen molar-refractivity contribution in [1.82, 2.24) is 0 Å². The maximum Gasteiger partial charge on any atom is 0.494 e. The minimum atomic E-state index is -0.445. The average molecular weight is 318 g/mol. The van der Waals surface area contributed by atoms with Crippen LogP contribution >= 0.6 is 0 Å². The van der Waals surface area contributed by atoms with E-state index in [0.29, 0.717) is 5.56 Å². The van der Waals surface area contributed by atoms with Gasteiger partial charge in [0.05, 0.1) is 24.7 Å². The molecule has 1 aliphatic heterocycles. The van der Waals surface area contributed by atoms with Crippen LogP contribution < -0.4 is 5.46 Å². The van der Waals surface area contributed by atoms with Crippen LogP contribution in [-0.4, -0.2) is 37.2 Å². The Hall–Kier alpha value is -1.66. The Labute approximate surface area is 137 Å². The molecule has 0 spiro atoms. The molecule has 1 fully saturated rings. The van der Waals surface area contributed by atoms with Crippen molar-refractivity contribution < 1.29 is 23.6 Å². The summed E-state index contributed by atoms with van der Waals surface area (Å²) in [6, 6.07) is 7.13. The molecule has 0 saturated carbocycles. The first-order valence-corrected chi connectivity index (χ1v) is 7.72. The lowest BCUT2D eigenvalue weighted by atomic mass is 9.78. The van der Waals surface area contributed by atoms with Crippen LogP contribution in [0.2, 0.25) is 0 Å². The van der Waals surface area contributed by atoms with E-state index >= 15 is 0 Å². The zero-order chi connectivity index (χ0) is 17.3. The highest BCUT2D eigenvalue weighted by Gasteiger charge is 2.51. The molecule has 0 atom stereocenters. The maximum atomic E-state index is 12.0. The first-order valence-electron chi connectivity index (χ1n) is 7.72. The summed E-state index contributed by atoms with van der Waals surface area (Å²) < 4.78 is 16.5. The highest BCUT2D eigenvalue weighted by atomic mass is 16.7. The third kappa shape index (κ3) is 3.82. The molecule has 0 unspecified atom stereocenters. The van der Waals surface area contributed by atoms with Crippen LogP contribution in [0.1, 0.15) is 50.9 Å². The largest absolute Gasteiger partial charge is 0.494 e. The van der Waals surface area contributed by atoms with E-state index in [9.17, 15) is 9.59 Å². The number of carbonyl (C=O) groups is 2. The van der Waals surface area contributed by atoms with Gasteiger partial charge in [-0.2, -0.15) is 0 Å². The van der Waals surface area contributed by atoms with Gasteiger partial charge < -0.3 is 14.0 Å². The molecule has 23 heavy (non-hydrogen) atoms. The van der Waals surface area contributed by atoms with E-state index in [-0.39, 0.29) is 24.6 Å². The first kappa shape index (κ1) is 17.7. The lowest BCUT2D eigenvalue weighted by Gasteiger charge is -2.32. The van der Waals surface area contributed by atoms with Crippen molar-refractivity contribution in [2.75, 3.05) is 7.11 Å². The van der Waals surface area contributed by atoms with E-state index in [2.05, 4.69) is 4.74 Å². The number of methoxy groups -OCH3 is 1. The van der Waals surface area contributed by atoms with Crippen LogP contribution in [0.5, 0.6) is 0 Å². The number of Topliss-reactive ketones (excluding diaryl/α,β-unsaturated/α-hetero) is 1. The predicted octanol–water partition coefficient (Wildman–Crippen LogP) is 2.12. The summed E-state index contributed by atoms with van der Waals surface area (Å²) in [5.41, 5.74) is 0.640. The van der Waals surface area contributed by atoms with Crippen LogP contribution in [-0.2, 0) is 18.8 Å². The van der Waals surface area contributed by atoms with Crippen molar-refractivity contribution in [2.45, 2.75) is 51.7 Å². The molecule has 0 bridgehead atoms. The summed E-state index contributed by atoms with van der Waals surface area (Å²) in [5.74, 6) is -0.469. The van der Waals surface area contributed by atoms with Gasteiger partial charge in [0.15, 0.2) is 5.78 Å². The summed E-state index contributed by atoms with van der Waals surface area (Å²) >= 11 is 0. The van der Waals surface area contributed by atoms with E-state index < -0.39 is 18.3 Å². The molecule has 6 heteroatoms. The molecule has 0 N–H and O–H groups in total. The number of carbonyl (C=O) groups excluding carboxylic acids is 2. The highest BCUT2D eigenvalue weighted by Crippen LogP contribution is 2.36. The van der Waals surface area contributed by atoms with Crippen molar-refractivity contribution in [3.05, 3.63) is 29.8 Å². The third-order valence-electron chi connectivity index (χ3n) is 4.54. The Kier molecular flexibility index (Phi) is 4.97. The summed E-state index contributed by atoms with van der Waals surface area (Å²) in [7, 11) is 0.867. The van der Waals surface area contributed by atoms with Crippen LogP contribution in [0.3, 0.4) is 0 Å². The summed E-state index contributed by atoms with van der Waals surface area (Å²) in [6.07, 6.45) is 0.233. The molecule has 5 nitrogen and oxygen atoms in total. The van der Waals surface area contributed by atoms with Gasteiger partial charge in [-0.1, -0.05) is 24.3 Å². The topological polar surface area (TPSA) is 61.8 Å². The van der Waals surface area contributed by atoms with E-state index in [1.807, 2.05) is 39.8 Å². The van der Waals surface area contributed by atoms with Crippen LogP contribution in [0, 0.1) is 0 Å². The SMILES string of the molecule is COC(=O)CCC(=O)c1ccc(B2OC(C)(C)C(C)(C)O2)cc1. The minimum Gasteiger partial charge on any atom is -0.469 e. The standard InChI is InChI=1S/C17H23BO5/c1-16(2)17(3,4)23-18(22-16)13-8-6-12(7-9-13)14(19)10-11-15(20)21-5/h6-9H,10-11H2,1-5H3. The Balaban J connectivity index is 2.03. The quantitative estimate of drug-likeness (QED) is 0.473. The fourth-order valence-corrected chi connectivity index (χ4v) is 2.27. The van der Waals surface area contributed by atoms with Crippen molar-refractivity contribution in [1.29, 1.82) is 0 Å². The van der Waals surface area contributed by atoms with Crippen molar-refractivity contribution in [2.24, 2.45) is 0 Å². The normalized spacial score (nSPS) is 18.7. The van der Waals surface area contributed by atoms with Gasteiger partial charge in [-0.3, -0.25) is 9.59 Å². The fourth-order valence-electron chi connectivity index (χ4n) is 2.27. The Morgan fingerprint density at radius 1 is 1.00 bits per heavy atom. The Bertz CT molecular complexity index is 576. The number of hydrogen-bond donors (Lipinski definition) is 0. The number of ketones is 1. The van der Waals surface area contributed by atoms with Crippen LogP contribution in [0.4, 0.5) is 0 Å². The van der Waals surface area contributed by atoms with Gasteiger partial charge in [0.2, 0.25) is 0 Å². The molecule has 0 aromatic heterocycles. The molecule has 1 aromatic carbocycles. The molecule has 1 heterocycles. The Morgan fingerprint density at radius 2 is 1.52 bits per heavy atom. The van der Waals surface area contributed by atoms with Gasteiger partial charge in [-0.25, -0.2) is 0 Å². The van der Waals surface area contributed by atoms with Gasteiger partial charge in [0.25, 0.3) is 0 Å².